The number of ether oxygens (including phenoxy) is 3. The second-order valence-electron chi connectivity index (χ2n) is 4.54. The van der Waals surface area contributed by atoms with Gasteiger partial charge in [0, 0.05) is 32.9 Å². The highest BCUT2D eigenvalue weighted by atomic mass is 16.5. The van der Waals surface area contributed by atoms with E-state index in [1.54, 1.807) is 43.4 Å². The van der Waals surface area contributed by atoms with E-state index in [1.807, 2.05) is 0 Å². The molecule has 1 rings (SSSR count). The Bertz CT molecular complexity index is 467. The minimum Gasteiger partial charge on any atom is -0.484 e. The third-order valence-corrected chi connectivity index (χ3v) is 2.98. The molecular formula is C15H22N2O5. The predicted molar refractivity (Wildman–Crippen MR) is 80.8 cm³/mol. The summed E-state index contributed by atoms with van der Waals surface area (Å²) in [7, 11) is 3.16. The van der Waals surface area contributed by atoms with Gasteiger partial charge in [-0.3, -0.25) is 9.59 Å². The molecule has 0 radical (unpaired) electrons. The van der Waals surface area contributed by atoms with Gasteiger partial charge in [0.15, 0.2) is 6.61 Å². The van der Waals surface area contributed by atoms with Crippen molar-refractivity contribution >= 4 is 11.8 Å². The maximum absolute atomic E-state index is 12.1. The number of hydrogen-bond acceptors (Lipinski definition) is 5. The van der Waals surface area contributed by atoms with E-state index in [9.17, 15) is 9.59 Å². The molecule has 2 N–H and O–H groups in total. The maximum Gasteiger partial charge on any atom is 0.260 e. The zero-order chi connectivity index (χ0) is 16.4. The molecule has 22 heavy (non-hydrogen) atoms. The standard InChI is InChI=1S/C15H22N2O5/c1-20-9-7-17(8-10-21-2)14(18)11-22-13-5-3-12(4-6-13)15(16)19/h3-6H,7-11H2,1-2H3,(H2,16,19). The van der Waals surface area contributed by atoms with Crippen LogP contribution in [0.15, 0.2) is 24.3 Å². The second-order valence-corrected chi connectivity index (χ2v) is 4.54. The van der Waals surface area contributed by atoms with E-state index in [0.717, 1.165) is 0 Å². The minimum atomic E-state index is -0.507. The number of hydrogen-bond donors (Lipinski definition) is 1. The molecule has 2 amide bonds. The van der Waals surface area contributed by atoms with Crippen molar-refractivity contribution in [1.29, 1.82) is 0 Å². The largest absolute Gasteiger partial charge is 0.484 e. The normalized spacial score (nSPS) is 10.3. The molecule has 7 nitrogen and oxygen atoms in total. The van der Waals surface area contributed by atoms with Gasteiger partial charge < -0.3 is 24.8 Å². The third kappa shape index (κ3) is 6.11. The third-order valence-electron chi connectivity index (χ3n) is 2.98. The van der Waals surface area contributed by atoms with Crippen LogP contribution >= 0.6 is 0 Å². The van der Waals surface area contributed by atoms with Crippen LogP contribution in [0.4, 0.5) is 0 Å². The smallest absolute Gasteiger partial charge is 0.260 e. The number of nitrogens with zero attached hydrogens (tertiary/aromatic N) is 1. The highest BCUT2D eigenvalue weighted by Gasteiger charge is 2.13. The Morgan fingerprint density at radius 2 is 1.59 bits per heavy atom. The predicted octanol–water partition coefficient (Wildman–Crippen LogP) is 0.286. The second kappa shape index (κ2) is 9.75. The molecule has 1 aromatic rings. The van der Waals surface area contributed by atoms with Crippen LogP contribution in [0, 0.1) is 0 Å². The number of methoxy groups -OCH3 is 2. The van der Waals surface area contributed by atoms with Crippen LogP contribution in [0.1, 0.15) is 10.4 Å². The Kier molecular flexibility index (Phi) is 7.95. The molecule has 0 aliphatic carbocycles. The first kappa shape index (κ1) is 17.9. The van der Waals surface area contributed by atoms with Gasteiger partial charge in [-0.1, -0.05) is 0 Å². The number of rotatable bonds is 10. The van der Waals surface area contributed by atoms with Crippen molar-refractivity contribution in [3.8, 4) is 5.75 Å². The summed E-state index contributed by atoms with van der Waals surface area (Å²) in [6.45, 7) is 1.75. The summed E-state index contributed by atoms with van der Waals surface area (Å²) >= 11 is 0. The average molecular weight is 310 g/mol. The van der Waals surface area contributed by atoms with Crippen molar-refractivity contribution < 1.29 is 23.8 Å². The molecule has 0 spiro atoms. The maximum atomic E-state index is 12.1. The highest BCUT2D eigenvalue weighted by molar-refractivity contribution is 5.92. The van der Waals surface area contributed by atoms with Crippen molar-refractivity contribution in [2.75, 3.05) is 47.1 Å². The number of carbonyl (C=O) groups is 2. The van der Waals surface area contributed by atoms with Crippen molar-refractivity contribution in [1.82, 2.24) is 4.90 Å². The van der Waals surface area contributed by atoms with Crippen LogP contribution in [0.25, 0.3) is 0 Å². The topological polar surface area (TPSA) is 91.1 Å². The monoisotopic (exact) mass is 310 g/mol. The van der Waals surface area contributed by atoms with E-state index in [2.05, 4.69) is 0 Å². The van der Waals surface area contributed by atoms with Crippen LogP contribution in [-0.2, 0) is 14.3 Å². The van der Waals surface area contributed by atoms with Gasteiger partial charge in [0.25, 0.3) is 5.91 Å². The number of nitrogens with two attached hydrogens (primary N) is 1. The van der Waals surface area contributed by atoms with Crippen molar-refractivity contribution in [2.24, 2.45) is 5.73 Å². The minimum absolute atomic E-state index is 0.0939. The van der Waals surface area contributed by atoms with Crippen molar-refractivity contribution in [3.63, 3.8) is 0 Å². The van der Waals surface area contributed by atoms with Crippen LogP contribution in [0.3, 0.4) is 0 Å². The Hall–Kier alpha value is -2.12. The Morgan fingerprint density at radius 3 is 2.05 bits per heavy atom. The van der Waals surface area contributed by atoms with Crippen LogP contribution in [0.2, 0.25) is 0 Å². The number of primary amides is 1. The summed E-state index contributed by atoms with van der Waals surface area (Å²) in [5, 5.41) is 0. The Balaban J connectivity index is 2.51. The SMILES string of the molecule is COCCN(CCOC)C(=O)COc1ccc(C(N)=O)cc1. The molecule has 0 saturated carbocycles. The van der Waals surface area contributed by atoms with Gasteiger partial charge in [0.1, 0.15) is 5.75 Å². The molecule has 0 saturated heterocycles. The van der Waals surface area contributed by atoms with Crippen LogP contribution in [0.5, 0.6) is 5.75 Å². The van der Waals surface area contributed by atoms with Gasteiger partial charge in [-0.05, 0) is 24.3 Å². The van der Waals surface area contributed by atoms with E-state index in [-0.39, 0.29) is 12.5 Å². The van der Waals surface area contributed by atoms with Crippen LogP contribution < -0.4 is 10.5 Å². The molecule has 0 aliphatic rings. The lowest BCUT2D eigenvalue weighted by molar-refractivity contribution is -0.134. The fourth-order valence-electron chi connectivity index (χ4n) is 1.72. The highest BCUT2D eigenvalue weighted by Crippen LogP contribution is 2.12. The van der Waals surface area contributed by atoms with E-state index in [0.29, 0.717) is 37.6 Å². The lowest BCUT2D eigenvalue weighted by atomic mass is 10.2. The zero-order valence-corrected chi connectivity index (χ0v) is 12.9. The van der Waals surface area contributed by atoms with Gasteiger partial charge in [0.2, 0.25) is 5.91 Å². The molecule has 0 bridgehead atoms. The summed E-state index contributed by atoms with van der Waals surface area (Å²) in [6, 6.07) is 6.30. The lowest BCUT2D eigenvalue weighted by Crippen LogP contribution is -2.39. The fraction of sp³-hybridized carbons (Fsp3) is 0.467. The first-order chi connectivity index (χ1) is 10.6. The van der Waals surface area contributed by atoms with E-state index >= 15 is 0 Å². The molecular weight excluding hydrogens is 288 g/mol. The van der Waals surface area contributed by atoms with E-state index in [1.165, 1.54) is 0 Å². The Morgan fingerprint density at radius 1 is 1.05 bits per heavy atom. The quantitative estimate of drug-likeness (QED) is 0.670. The van der Waals surface area contributed by atoms with Gasteiger partial charge in [-0.2, -0.15) is 0 Å². The molecule has 0 fully saturated rings. The summed E-state index contributed by atoms with van der Waals surface area (Å²) in [6.07, 6.45) is 0. The van der Waals surface area contributed by atoms with E-state index < -0.39 is 5.91 Å². The molecule has 0 atom stereocenters. The summed E-state index contributed by atoms with van der Waals surface area (Å²) in [4.78, 5) is 24.7. The first-order valence-electron chi connectivity index (χ1n) is 6.86. The summed E-state index contributed by atoms with van der Waals surface area (Å²) < 4.78 is 15.4. The molecule has 122 valence electrons. The molecule has 0 aliphatic heterocycles. The number of benzene rings is 1. The van der Waals surface area contributed by atoms with Gasteiger partial charge >= 0.3 is 0 Å². The van der Waals surface area contributed by atoms with E-state index in [4.69, 9.17) is 19.9 Å². The van der Waals surface area contributed by atoms with Gasteiger partial charge in [-0.25, -0.2) is 0 Å². The lowest BCUT2D eigenvalue weighted by Gasteiger charge is -2.22. The molecule has 0 heterocycles. The Labute approximate surface area is 129 Å². The zero-order valence-electron chi connectivity index (χ0n) is 12.9. The van der Waals surface area contributed by atoms with Crippen LogP contribution in [-0.4, -0.2) is 63.8 Å². The summed E-state index contributed by atoms with van der Waals surface area (Å²) in [5.41, 5.74) is 5.54. The van der Waals surface area contributed by atoms with Gasteiger partial charge in [-0.15, -0.1) is 0 Å². The van der Waals surface area contributed by atoms with Crippen molar-refractivity contribution in [3.05, 3.63) is 29.8 Å². The number of amides is 2. The molecule has 7 heteroatoms. The summed E-state index contributed by atoms with van der Waals surface area (Å²) in [5.74, 6) is -0.169. The fourth-order valence-corrected chi connectivity index (χ4v) is 1.72. The number of carbonyl (C=O) groups excluding carboxylic acids is 2. The average Bonchev–Trinajstić information content (AvgIpc) is 2.53. The molecule has 0 aromatic heterocycles. The first-order valence-corrected chi connectivity index (χ1v) is 6.86. The van der Waals surface area contributed by atoms with Gasteiger partial charge in [0.05, 0.1) is 13.2 Å². The molecule has 1 aromatic carbocycles. The molecule has 0 unspecified atom stereocenters. The van der Waals surface area contributed by atoms with Crippen molar-refractivity contribution in [2.45, 2.75) is 0 Å².